The number of carboxylic acid groups (broad SMARTS) is 1. The minimum absolute atomic E-state index is 0.230. The number of aromatic nitrogens is 1. The number of hydrogen-bond donors (Lipinski definition) is 1. The Hall–Kier alpha value is -2.91. The summed E-state index contributed by atoms with van der Waals surface area (Å²) in [6, 6.07) is 6.06. The Bertz CT molecular complexity index is 1210. The summed E-state index contributed by atoms with van der Waals surface area (Å²) in [6.07, 6.45) is 0.722. The lowest BCUT2D eigenvalue weighted by Gasteiger charge is -2.14. The Morgan fingerprint density at radius 1 is 0.931 bits per heavy atom. The van der Waals surface area contributed by atoms with Crippen LogP contribution in [-0.4, -0.2) is 24.5 Å². The number of nitrogens with zero attached hydrogens (tertiary/aromatic N) is 1. The van der Waals surface area contributed by atoms with Crippen molar-refractivity contribution in [1.82, 2.24) is 4.98 Å². The first-order valence-electron chi connectivity index (χ1n) is 7.96. The molecule has 0 saturated heterocycles. The van der Waals surface area contributed by atoms with Gasteiger partial charge in [-0.05, 0) is 36.4 Å². The van der Waals surface area contributed by atoms with Crippen molar-refractivity contribution in [3.8, 4) is 0 Å². The predicted octanol–water partition coefficient (Wildman–Crippen LogP) is 4.27. The van der Waals surface area contributed by atoms with Crippen LogP contribution in [-0.2, 0) is 16.3 Å². The van der Waals surface area contributed by atoms with Crippen molar-refractivity contribution in [2.24, 2.45) is 0 Å². The molecule has 0 bridgehead atoms. The first kappa shape index (κ1) is 20.8. The SMILES string of the molecule is O=C(O)c1cncc(F)c1Cc1c(F)ccc(F)c1S(=O)(=O)c1ccc(Cl)cc1. The number of pyridine rings is 1. The average Bonchev–Trinajstić information content (AvgIpc) is 2.66. The first-order chi connectivity index (χ1) is 13.6. The molecule has 1 aromatic heterocycles. The lowest BCUT2D eigenvalue weighted by Crippen LogP contribution is -2.13. The van der Waals surface area contributed by atoms with Crippen molar-refractivity contribution in [1.29, 1.82) is 0 Å². The number of hydrogen-bond acceptors (Lipinski definition) is 4. The largest absolute Gasteiger partial charge is 0.478 e. The molecule has 2 aromatic carbocycles. The van der Waals surface area contributed by atoms with Gasteiger partial charge in [0.15, 0.2) is 0 Å². The van der Waals surface area contributed by atoms with Crippen molar-refractivity contribution in [2.75, 3.05) is 0 Å². The summed E-state index contributed by atoms with van der Waals surface area (Å²) in [7, 11) is -4.56. The van der Waals surface area contributed by atoms with E-state index in [9.17, 15) is 31.5 Å². The van der Waals surface area contributed by atoms with Crippen molar-refractivity contribution >= 4 is 27.4 Å². The third-order valence-corrected chi connectivity index (χ3v) is 6.26. The number of rotatable bonds is 5. The minimum atomic E-state index is -4.56. The number of carbonyl (C=O) groups is 1. The van der Waals surface area contributed by atoms with E-state index in [-0.39, 0.29) is 9.92 Å². The zero-order valence-corrected chi connectivity index (χ0v) is 15.9. The van der Waals surface area contributed by atoms with E-state index in [1.807, 2.05) is 0 Å². The van der Waals surface area contributed by atoms with E-state index in [2.05, 4.69) is 4.98 Å². The summed E-state index contributed by atoms with van der Waals surface area (Å²) >= 11 is 5.74. The van der Waals surface area contributed by atoms with Gasteiger partial charge in [0.2, 0.25) is 9.84 Å². The maximum atomic E-state index is 14.6. The maximum absolute atomic E-state index is 14.6. The molecule has 0 fully saturated rings. The highest BCUT2D eigenvalue weighted by atomic mass is 35.5. The van der Waals surface area contributed by atoms with E-state index < -0.39 is 61.3 Å². The molecule has 0 spiro atoms. The zero-order valence-electron chi connectivity index (χ0n) is 14.4. The summed E-state index contributed by atoms with van der Waals surface area (Å²) in [4.78, 5) is 13.4. The molecule has 1 heterocycles. The second-order valence-electron chi connectivity index (χ2n) is 5.92. The Morgan fingerprint density at radius 2 is 1.55 bits per heavy atom. The van der Waals surface area contributed by atoms with E-state index in [0.717, 1.165) is 18.3 Å². The van der Waals surface area contributed by atoms with Crippen LogP contribution in [0.4, 0.5) is 13.2 Å². The number of benzene rings is 2. The van der Waals surface area contributed by atoms with E-state index >= 15 is 0 Å². The van der Waals surface area contributed by atoms with Crippen LogP contribution in [0.2, 0.25) is 5.02 Å². The van der Waals surface area contributed by atoms with Crippen LogP contribution in [0.1, 0.15) is 21.5 Å². The van der Waals surface area contributed by atoms with Crippen molar-refractivity contribution in [2.45, 2.75) is 16.2 Å². The van der Waals surface area contributed by atoms with Gasteiger partial charge in [-0.25, -0.2) is 26.4 Å². The fourth-order valence-corrected chi connectivity index (χ4v) is 4.44. The first-order valence-corrected chi connectivity index (χ1v) is 9.82. The molecule has 3 aromatic rings. The molecular weight excluding hydrogens is 431 g/mol. The molecule has 29 heavy (non-hydrogen) atoms. The van der Waals surface area contributed by atoms with E-state index in [4.69, 9.17) is 11.6 Å². The lowest BCUT2D eigenvalue weighted by molar-refractivity contribution is 0.0694. The standard InChI is InChI=1S/C19H11ClF3NO4S/c20-10-1-3-11(4-2-10)29(27,28)18-13(15(21)5-6-16(18)22)7-12-14(19(25)26)8-24-9-17(12)23/h1-6,8-9H,7H2,(H,25,26). The fraction of sp³-hybridized carbons (Fsp3) is 0.0526. The van der Waals surface area contributed by atoms with Gasteiger partial charge in [0.25, 0.3) is 0 Å². The molecule has 0 unspecified atom stereocenters. The van der Waals surface area contributed by atoms with Crippen LogP contribution in [0.5, 0.6) is 0 Å². The molecule has 0 amide bonds. The second-order valence-corrected chi connectivity index (χ2v) is 8.25. The van der Waals surface area contributed by atoms with Crippen LogP contribution in [0, 0.1) is 17.5 Å². The molecule has 0 aliphatic heterocycles. The van der Waals surface area contributed by atoms with Gasteiger partial charge in [-0.15, -0.1) is 0 Å². The van der Waals surface area contributed by atoms with Gasteiger partial charge in [0, 0.05) is 28.8 Å². The number of halogens is 4. The molecule has 0 atom stereocenters. The molecule has 150 valence electrons. The molecule has 10 heteroatoms. The third kappa shape index (κ3) is 3.96. The molecule has 5 nitrogen and oxygen atoms in total. The Balaban J connectivity index is 2.25. The smallest absolute Gasteiger partial charge is 0.337 e. The minimum Gasteiger partial charge on any atom is -0.478 e. The highest BCUT2D eigenvalue weighted by Gasteiger charge is 2.29. The molecule has 0 saturated carbocycles. The molecule has 0 aliphatic carbocycles. The van der Waals surface area contributed by atoms with Gasteiger partial charge in [-0.2, -0.15) is 0 Å². The maximum Gasteiger partial charge on any atom is 0.337 e. The van der Waals surface area contributed by atoms with Gasteiger partial charge in [-0.3, -0.25) is 4.98 Å². The Kier molecular flexibility index (Phi) is 5.63. The predicted molar refractivity (Wildman–Crippen MR) is 97.2 cm³/mol. The summed E-state index contributed by atoms with van der Waals surface area (Å²) in [5, 5.41) is 9.45. The van der Waals surface area contributed by atoms with Crippen LogP contribution in [0.3, 0.4) is 0 Å². The summed E-state index contributed by atoms with van der Waals surface area (Å²) < 4.78 is 69.3. The third-order valence-electron chi connectivity index (χ3n) is 4.14. The molecule has 3 rings (SSSR count). The van der Waals surface area contributed by atoms with Crippen LogP contribution in [0.15, 0.2) is 58.6 Å². The number of aromatic carboxylic acids is 1. The van der Waals surface area contributed by atoms with Crippen molar-refractivity contribution in [3.63, 3.8) is 0 Å². The van der Waals surface area contributed by atoms with Gasteiger partial charge >= 0.3 is 5.97 Å². The van der Waals surface area contributed by atoms with Crippen molar-refractivity contribution in [3.05, 3.63) is 88.0 Å². The van der Waals surface area contributed by atoms with Gasteiger partial charge in [-0.1, -0.05) is 11.6 Å². The van der Waals surface area contributed by atoms with Crippen molar-refractivity contribution < 1.29 is 31.5 Å². The lowest BCUT2D eigenvalue weighted by atomic mass is 10.0. The monoisotopic (exact) mass is 441 g/mol. The summed E-state index contributed by atoms with van der Waals surface area (Å²) in [5.41, 5.74) is -1.82. The number of carboxylic acids is 1. The highest BCUT2D eigenvalue weighted by Crippen LogP contribution is 2.32. The van der Waals surface area contributed by atoms with E-state index in [1.165, 1.54) is 12.1 Å². The quantitative estimate of drug-likeness (QED) is 0.639. The van der Waals surface area contributed by atoms with Crippen LogP contribution in [0.25, 0.3) is 0 Å². The second kappa shape index (κ2) is 7.84. The molecule has 1 N–H and O–H groups in total. The summed E-state index contributed by atoms with van der Waals surface area (Å²) in [6.45, 7) is 0. The Labute approximate surface area is 168 Å². The molecule has 0 aliphatic rings. The Morgan fingerprint density at radius 3 is 2.17 bits per heavy atom. The van der Waals surface area contributed by atoms with Crippen LogP contribution < -0.4 is 0 Å². The topological polar surface area (TPSA) is 84.3 Å². The average molecular weight is 442 g/mol. The molecule has 0 radical (unpaired) electrons. The number of sulfone groups is 1. The van der Waals surface area contributed by atoms with Gasteiger partial charge in [0.1, 0.15) is 22.3 Å². The molecular formula is C19H11ClF3NO4S. The van der Waals surface area contributed by atoms with Gasteiger partial charge in [0.05, 0.1) is 16.7 Å². The van der Waals surface area contributed by atoms with E-state index in [1.54, 1.807) is 0 Å². The van der Waals surface area contributed by atoms with E-state index in [0.29, 0.717) is 18.3 Å². The summed E-state index contributed by atoms with van der Waals surface area (Å²) in [5.74, 6) is -5.04. The highest BCUT2D eigenvalue weighted by molar-refractivity contribution is 7.91. The fourth-order valence-electron chi connectivity index (χ4n) is 2.76. The normalized spacial score (nSPS) is 11.4. The van der Waals surface area contributed by atoms with Gasteiger partial charge < -0.3 is 5.11 Å². The van der Waals surface area contributed by atoms with Crippen LogP contribution >= 0.6 is 11.6 Å². The zero-order chi connectivity index (χ0) is 21.3.